The van der Waals surface area contributed by atoms with Gasteiger partial charge in [-0.05, 0) is 48.1 Å². The molecule has 0 saturated heterocycles. The van der Waals surface area contributed by atoms with Crippen molar-refractivity contribution < 1.29 is 24.5 Å². The number of nitrogens with one attached hydrogen (secondary N) is 1. The van der Waals surface area contributed by atoms with Gasteiger partial charge in [0.15, 0.2) is 0 Å². The normalized spacial score (nSPS) is 13.2. The van der Waals surface area contributed by atoms with Gasteiger partial charge in [0.2, 0.25) is 0 Å². The minimum Gasteiger partial charge on any atom is -0.487 e. The van der Waals surface area contributed by atoms with Crippen molar-refractivity contribution in [1.29, 1.82) is 0 Å². The number of hydrogen-bond acceptors (Lipinski definition) is 5. The highest BCUT2D eigenvalue weighted by Crippen LogP contribution is 2.34. The predicted octanol–water partition coefficient (Wildman–Crippen LogP) is 5.22. The summed E-state index contributed by atoms with van der Waals surface area (Å²) in [5.41, 5.74) is 1.64. The van der Waals surface area contributed by atoms with Crippen molar-refractivity contribution in [2.75, 3.05) is 0 Å². The van der Waals surface area contributed by atoms with Crippen LogP contribution in [0.1, 0.15) is 31.4 Å². The van der Waals surface area contributed by atoms with Crippen LogP contribution in [0.5, 0.6) is 5.75 Å². The van der Waals surface area contributed by atoms with Crippen molar-refractivity contribution in [2.45, 2.75) is 45.4 Å². The fourth-order valence-electron chi connectivity index (χ4n) is 3.53. The molecular formula is C24H26ClNO5S. The molecule has 3 N–H and O–H groups in total. The van der Waals surface area contributed by atoms with Crippen molar-refractivity contribution >= 4 is 45.0 Å². The molecule has 3 aromatic rings. The highest BCUT2D eigenvalue weighted by atomic mass is 35.5. The number of aliphatic carboxylic acids is 2. The minimum absolute atomic E-state index is 0.118. The monoisotopic (exact) mass is 475 g/mol. The maximum absolute atomic E-state index is 11.9. The Morgan fingerprint density at radius 1 is 1.06 bits per heavy atom. The summed E-state index contributed by atoms with van der Waals surface area (Å²) in [6, 6.07) is 11.1. The summed E-state index contributed by atoms with van der Waals surface area (Å²) in [5.74, 6) is -1.30. The molecule has 0 radical (unpaired) electrons. The molecule has 0 aliphatic heterocycles. The van der Waals surface area contributed by atoms with E-state index < -0.39 is 24.0 Å². The van der Waals surface area contributed by atoms with Gasteiger partial charge < -0.3 is 14.9 Å². The smallest absolute Gasteiger partial charge is 0.321 e. The number of carboxylic acid groups (broad SMARTS) is 2. The van der Waals surface area contributed by atoms with Crippen LogP contribution in [0.15, 0.2) is 47.8 Å². The van der Waals surface area contributed by atoms with Crippen LogP contribution in [0.25, 0.3) is 10.1 Å². The van der Waals surface area contributed by atoms with E-state index in [-0.39, 0.29) is 18.9 Å². The number of benzene rings is 2. The third kappa shape index (κ3) is 6.22. The Hall–Kier alpha value is -2.61. The largest absolute Gasteiger partial charge is 0.487 e. The number of carbonyl (C=O) groups is 2. The molecule has 3 rings (SSSR count). The first-order chi connectivity index (χ1) is 15.2. The van der Waals surface area contributed by atoms with Crippen LogP contribution in [0, 0.1) is 5.92 Å². The van der Waals surface area contributed by atoms with E-state index in [2.05, 4.69) is 5.32 Å². The fourth-order valence-corrected chi connectivity index (χ4v) is 4.57. The van der Waals surface area contributed by atoms with E-state index in [9.17, 15) is 19.8 Å². The summed E-state index contributed by atoms with van der Waals surface area (Å²) >= 11 is 7.68. The first kappa shape index (κ1) is 24.0. The quantitative estimate of drug-likeness (QED) is 0.352. The number of fused-ring (bicyclic) bond motifs is 1. The topological polar surface area (TPSA) is 95.9 Å². The van der Waals surface area contributed by atoms with Crippen molar-refractivity contribution in [1.82, 2.24) is 5.32 Å². The molecule has 0 bridgehead atoms. The van der Waals surface area contributed by atoms with Crippen LogP contribution >= 0.6 is 22.9 Å². The van der Waals surface area contributed by atoms with Gasteiger partial charge in [0, 0.05) is 20.5 Å². The van der Waals surface area contributed by atoms with Crippen LogP contribution in [-0.4, -0.2) is 34.2 Å². The van der Waals surface area contributed by atoms with Crippen molar-refractivity contribution in [2.24, 2.45) is 5.92 Å². The number of ether oxygens (including phenoxy) is 1. The van der Waals surface area contributed by atoms with E-state index in [1.807, 2.05) is 61.7 Å². The predicted molar refractivity (Wildman–Crippen MR) is 127 cm³/mol. The highest BCUT2D eigenvalue weighted by molar-refractivity contribution is 7.17. The van der Waals surface area contributed by atoms with Gasteiger partial charge in [-0.2, -0.15) is 0 Å². The van der Waals surface area contributed by atoms with Crippen molar-refractivity contribution in [3.63, 3.8) is 0 Å². The maximum Gasteiger partial charge on any atom is 0.321 e. The Kier molecular flexibility index (Phi) is 8.12. The lowest BCUT2D eigenvalue weighted by Crippen LogP contribution is -2.48. The minimum atomic E-state index is -1.09. The molecule has 2 aromatic carbocycles. The van der Waals surface area contributed by atoms with Gasteiger partial charge in [-0.25, -0.2) is 0 Å². The summed E-state index contributed by atoms with van der Waals surface area (Å²) in [6.07, 6.45) is 0.491. The Labute approximate surface area is 195 Å². The second kappa shape index (κ2) is 10.8. The maximum atomic E-state index is 11.9. The molecule has 32 heavy (non-hydrogen) atoms. The second-order valence-corrected chi connectivity index (χ2v) is 9.43. The molecule has 6 nitrogen and oxygen atoms in total. The first-order valence-electron chi connectivity index (χ1n) is 10.3. The SMILES string of the molecule is CC(C)C[C@H](N[C@@H](Cc1ccccc1COc1csc2ccc(Cl)cc12)C(=O)O)C(=O)O. The lowest BCUT2D eigenvalue weighted by Gasteiger charge is -2.22. The van der Waals surface area contributed by atoms with Crippen LogP contribution in [-0.2, 0) is 22.6 Å². The van der Waals surface area contributed by atoms with Gasteiger partial charge in [-0.1, -0.05) is 49.7 Å². The van der Waals surface area contributed by atoms with Crippen LogP contribution in [0.2, 0.25) is 5.02 Å². The molecule has 0 saturated carbocycles. The number of hydrogen-bond donors (Lipinski definition) is 3. The lowest BCUT2D eigenvalue weighted by atomic mass is 9.98. The first-order valence-corrected chi connectivity index (χ1v) is 11.6. The molecule has 0 amide bonds. The zero-order valence-corrected chi connectivity index (χ0v) is 19.4. The number of rotatable bonds is 11. The number of carboxylic acids is 2. The van der Waals surface area contributed by atoms with E-state index in [0.717, 1.165) is 27.0 Å². The zero-order valence-electron chi connectivity index (χ0n) is 17.9. The fraction of sp³-hybridized carbons (Fsp3) is 0.333. The summed E-state index contributed by atoms with van der Waals surface area (Å²) in [5, 5.41) is 25.5. The van der Waals surface area contributed by atoms with E-state index in [0.29, 0.717) is 11.4 Å². The van der Waals surface area contributed by atoms with E-state index in [4.69, 9.17) is 16.3 Å². The van der Waals surface area contributed by atoms with Gasteiger partial charge in [0.25, 0.3) is 0 Å². The molecule has 0 aliphatic carbocycles. The van der Waals surface area contributed by atoms with Gasteiger partial charge in [-0.3, -0.25) is 14.9 Å². The molecule has 0 fully saturated rings. The third-order valence-corrected chi connectivity index (χ3v) is 6.31. The Balaban J connectivity index is 1.76. The average molecular weight is 476 g/mol. The Morgan fingerprint density at radius 2 is 1.75 bits per heavy atom. The van der Waals surface area contributed by atoms with E-state index in [1.165, 1.54) is 0 Å². The zero-order chi connectivity index (χ0) is 23.3. The molecule has 8 heteroatoms. The molecular weight excluding hydrogens is 450 g/mol. The standard InChI is InChI=1S/C24H26ClNO5S/c1-14(2)9-19(23(27)28)26-20(24(29)30)10-15-5-3-4-6-16(15)12-31-21-13-32-22-8-7-17(25)11-18(21)22/h3-8,11,13-14,19-20,26H,9-10,12H2,1-2H3,(H,27,28)(H,29,30)/t19-,20-/m0/s1. The molecule has 0 aliphatic rings. The molecule has 0 unspecified atom stereocenters. The average Bonchev–Trinajstić information content (AvgIpc) is 3.13. The van der Waals surface area contributed by atoms with E-state index in [1.54, 1.807) is 11.3 Å². The van der Waals surface area contributed by atoms with Crippen molar-refractivity contribution in [3.8, 4) is 5.75 Å². The number of halogens is 1. The molecule has 2 atom stereocenters. The Morgan fingerprint density at radius 3 is 2.41 bits per heavy atom. The lowest BCUT2D eigenvalue weighted by molar-refractivity contribution is -0.142. The molecule has 170 valence electrons. The van der Waals surface area contributed by atoms with Crippen LogP contribution < -0.4 is 10.1 Å². The third-order valence-electron chi connectivity index (χ3n) is 5.13. The number of thiophene rings is 1. The van der Waals surface area contributed by atoms with Crippen LogP contribution in [0.3, 0.4) is 0 Å². The molecule has 1 aromatic heterocycles. The summed E-state index contributed by atoms with van der Waals surface area (Å²) in [6.45, 7) is 4.07. The van der Waals surface area contributed by atoms with Gasteiger partial charge in [-0.15, -0.1) is 11.3 Å². The highest BCUT2D eigenvalue weighted by Gasteiger charge is 2.27. The summed E-state index contributed by atoms with van der Waals surface area (Å²) < 4.78 is 7.11. The summed E-state index contributed by atoms with van der Waals surface area (Å²) in [7, 11) is 0. The van der Waals surface area contributed by atoms with Gasteiger partial charge in [0.05, 0.1) is 0 Å². The van der Waals surface area contributed by atoms with Crippen LogP contribution in [0.4, 0.5) is 0 Å². The molecule has 0 spiro atoms. The summed E-state index contributed by atoms with van der Waals surface area (Å²) in [4.78, 5) is 23.5. The van der Waals surface area contributed by atoms with Crippen molar-refractivity contribution in [3.05, 3.63) is 64.0 Å². The van der Waals surface area contributed by atoms with Gasteiger partial charge >= 0.3 is 11.9 Å². The Bertz CT molecular complexity index is 1100. The van der Waals surface area contributed by atoms with Gasteiger partial charge in [0.1, 0.15) is 24.4 Å². The van der Waals surface area contributed by atoms with E-state index >= 15 is 0 Å². The second-order valence-electron chi connectivity index (χ2n) is 8.08. The molecule has 1 heterocycles.